The molecule has 2 N–H and O–H groups in total. The van der Waals surface area contributed by atoms with Gasteiger partial charge in [-0.1, -0.05) is 0 Å². The molecule has 0 atom stereocenters. The first-order valence-electron chi connectivity index (χ1n) is 8.09. The van der Waals surface area contributed by atoms with Gasteiger partial charge in [0.15, 0.2) is 11.5 Å². The van der Waals surface area contributed by atoms with E-state index in [1.807, 2.05) is 31.3 Å². The molecule has 0 unspecified atom stereocenters. The van der Waals surface area contributed by atoms with Gasteiger partial charge >= 0.3 is 0 Å². The number of hydrogen-bond acceptors (Lipinski definition) is 5. The molecule has 0 fully saturated rings. The third-order valence-corrected chi connectivity index (χ3v) is 3.71. The standard InChI is InChI=1S/C17H23N3O3/c1-2-21-7-3-6-18-11-14-12-19-20-17(14)13-4-5-15-16(10-13)23-9-8-22-15/h4-5,10,12,18H,2-3,6-9,11H2,1H3,(H,19,20). The highest BCUT2D eigenvalue weighted by Gasteiger charge is 2.14. The molecule has 23 heavy (non-hydrogen) atoms. The molecule has 6 heteroatoms. The number of fused-ring (bicyclic) bond motifs is 1. The van der Waals surface area contributed by atoms with Gasteiger partial charge in [-0.15, -0.1) is 0 Å². The summed E-state index contributed by atoms with van der Waals surface area (Å²) in [4.78, 5) is 0. The number of aromatic amines is 1. The number of hydrogen-bond donors (Lipinski definition) is 2. The fourth-order valence-corrected chi connectivity index (χ4v) is 2.56. The van der Waals surface area contributed by atoms with Crippen LogP contribution in [-0.2, 0) is 11.3 Å². The summed E-state index contributed by atoms with van der Waals surface area (Å²) in [7, 11) is 0. The molecule has 1 aliphatic heterocycles. The average Bonchev–Trinajstić information content (AvgIpc) is 3.06. The van der Waals surface area contributed by atoms with Crippen LogP contribution >= 0.6 is 0 Å². The van der Waals surface area contributed by atoms with Gasteiger partial charge < -0.3 is 19.5 Å². The molecule has 0 aliphatic carbocycles. The fourth-order valence-electron chi connectivity index (χ4n) is 2.56. The molecule has 6 nitrogen and oxygen atoms in total. The van der Waals surface area contributed by atoms with Crippen LogP contribution in [0, 0.1) is 0 Å². The molecule has 0 amide bonds. The normalized spacial score (nSPS) is 13.3. The molecule has 1 aliphatic rings. The van der Waals surface area contributed by atoms with Crippen molar-refractivity contribution in [3.63, 3.8) is 0 Å². The lowest BCUT2D eigenvalue weighted by Gasteiger charge is -2.18. The van der Waals surface area contributed by atoms with E-state index in [0.29, 0.717) is 13.2 Å². The van der Waals surface area contributed by atoms with Crippen LogP contribution in [0.5, 0.6) is 11.5 Å². The van der Waals surface area contributed by atoms with Gasteiger partial charge in [-0.25, -0.2) is 0 Å². The Balaban J connectivity index is 1.62. The van der Waals surface area contributed by atoms with Crippen LogP contribution in [0.4, 0.5) is 0 Å². The Morgan fingerprint density at radius 3 is 3.00 bits per heavy atom. The highest BCUT2D eigenvalue weighted by atomic mass is 16.6. The zero-order valence-corrected chi connectivity index (χ0v) is 13.4. The number of nitrogens with one attached hydrogen (secondary N) is 2. The first kappa shape index (κ1) is 15.8. The van der Waals surface area contributed by atoms with Gasteiger partial charge in [-0.3, -0.25) is 5.10 Å². The Morgan fingerprint density at radius 1 is 1.26 bits per heavy atom. The van der Waals surface area contributed by atoms with Crippen molar-refractivity contribution in [3.8, 4) is 22.8 Å². The maximum absolute atomic E-state index is 5.65. The monoisotopic (exact) mass is 317 g/mol. The minimum absolute atomic E-state index is 0.591. The second kappa shape index (κ2) is 7.99. The second-order valence-corrected chi connectivity index (χ2v) is 5.36. The third-order valence-electron chi connectivity index (χ3n) is 3.71. The molecule has 2 heterocycles. The minimum atomic E-state index is 0.591. The van der Waals surface area contributed by atoms with E-state index in [0.717, 1.165) is 61.0 Å². The van der Waals surface area contributed by atoms with Crippen molar-refractivity contribution >= 4 is 0 Å². The van der Waals surface area contributed by atoms with Gasteiger partial charge in [0.25, 0.3) is 0 Å². The summed E-state index contributed by atoms with van der Waals surface area (Å²) in [5.41, 5.74) is 3.20. The van der Waals surface area contributed by atoms with E-state index < -0.39 is 0 Å². The van der Waals surface area contributed by atoms with Crippen LogP contribution in [0.25, 0.3) is 11.3 Å². The average molecular weight is 317 g/mol. The fraction of sp³-hybridized carbons (Fsp3) is 0.471. The molecular weight excluding hydrogens is 294 g/mol. The lowest BCUT2D eigenvalue weighted by Crippen LogP contribution is -2.16. The van der Waals surface area contributed by atoms with Gasteiger partial charge in [0, 0.05) is 30.9 Å². The quantitative estimate of drug-likeness (QED) is 0.732. The van der Waals surface area contributed by atoms with Gasteiger partial charge in [-0.2, -0.15) is 5.10 Å². The van der Waals surface area contributed by atoms with E-state index in [-0.39, 0.29) is 0 Å². The predicted molar refractivity (Wildman–Crippen MR) is 87.8 cm³/mol. The Labute approximate surface area is 136 Å². The Bertz CT molecular complexity index is 627. The van der Waals surface area contributed by atoms with Crippen molar-refractivity contribution in [2.75, 3.05) is 33.0 Å². The van der Waals surface area contributed by atoms with Crippen LogP contribution < -0.4 is 14.8 Å². The Hall–Kier alpha value is -2.05. The summed E-state index contributed by atoms with van der Waals surface area (Å²) in [5, 5.41) is 10.7. The number of rotatable bonds is 8. The van der Waals surface area contributed by atoms with E-state index in [2.05, 4.69) is 15.5 Å². The van der Waals surface area contributed by atoms with Crippen LogP contribution in [0.1, 0.15) is 18.9 Å². The van der Waals surface area contributed by atoms with Crippen LogP contribution in [0.2, 0.25) is 0 Å². The smallest absolute Gasteiger partial charge is 0.162 e. The SMILES string of the molecule is CCOCCCNCc1cn[nH]c1-c1ccc2c(c1)OCCO2. The van der Waals surface area contributed by atoms with Crippen molar-refractivity contribution in [3.05, 3.63) is 30.0 Å². The summed E-state index contributed by atoms with van der Waals surface area (Å²) >= 11 is 0. The number of H-pyrrole nitrogens is 1. The molecule has 0 saturated heterocycles. The number of ether oxygens (including phenoxy) is 3. The Morgan fingerprint density at radius 2 is 2.13 bits per heavy atom. The lowest BCUT2D eigenvalue weighted by molar-refractivity contribution is 0.144. The molecule has 0 spiro atoms. The summed E-state index contributed by atoms with van der Waals surface area (Å²) in [6.07, 6.45) is 2.87. The van der Waals surface area contributed by atoms with Crippen LogP contribution in [0.3, 0.4) is 0 Å². The molecule has 0 radical (unpaired) electrons. The number of benzene rings is 1. The molecule has 0 saturated carbocycles. The molecule has 124 valence electrons. The van der Waals surface area contributed by atoms with E-state index in [1.165, 1.54) is 0 Å². The first-order valence-corrected chi connectivity index (χ1v) is 8.09. The zero-order chi connectivity index (χ0) is 15.9. The maximum atomic E-state index is 5.65. The summed E-state index contributed by atoms with van der Waals surface area (Å²) in [5.74, 6) is 1.59. The van der Waals surface area contributed by atoms with Crippen molar-refractivity contribution in [2.45, 2.75) is 19.9 Å². The minimum Gasteiger partial charge on any atom is -0.486 e. The number of aromatic nitrogens is 2. The molecule has 0 bridgehead atoms. The highest BCUT2D eigenvalue weighted by molar-refractivity contribution is 5.66. The first-order chi connectivity index (χ1) is 11.4. The number of nitrogens with zero attached hydrogens (tertiary/aromatic N) is 1. The van der Waals surface area contributed by atoms with Crippen LogP contribution in [0.15, 0.2) is 24.4 Å². The predicted octanol–water partition coefficient (Wildman–Crippen LogP) is 2.36. The third kappa shape index (κ3) is 4.03. The molecule has 3 rings (SSSR count). The highest BCUT2D eigenvalue weighted by Crippen LogP contribution is 2.34. The summed E-state index contributed by atoms with van der Waals surface area (Å²) < 4.78 is 16.5. The zero-order valence-electron chi connectivity index (χ0n) is 13.4. The van der Waals surface area contributed by atoms with Gasteiger partial charge in [-0.05, 0) is 38.1 Å². The summed E-state index contributed by atoms with van der Waals surface area (Å²) in [6.45, 7) is 6.47. The van der Waals surface area contributed by atoms with E-state index in [1.54, 1.807) is 0 Å². The topological polar surface area (TPSA) is 68.4 Å². The van der Waals surface area contributed by atoms with Crippen molar-refractivity contribution < 1.29 is 14.2 Å². The van der Waals surface area contributed by atoms with Crippen molar-refractivity contribution in [2.24, 2.45) is 0 Å². The van der Waals surface area contributed by atoms with E-state index in [4.69, 9.17) is 14.2 Å². The second-order valence-electron chi connectivity index (χ2n) is 5.36. The van der Waals surface area contributed by atoms with Gasteiger partial charge in [0.1, 0.15) is 13.2 Å². The maximum Gasteiger partial charge on any atom is 0.162 e. The van der Waals surface area contributed by atoms with Gasteiger partial charge in [0.2, 0.25) is 0 Å². The molecule has 1 aromatic carbocycles. The summed E-state index contributed by atoms with van der Waals surface area (Å²) in [6, 6.07) is 5.98. The van der Waals surface area contributed by atoms with Crippen molar-refractivity contribution in [1.82, 2.24) is 15.5 Å². The van der Waals surface area contributed by atoms with E-state index >= 15 is 0 Å². The van der Waals surface area contributed by atoms with Crippen LogP contribution in [-0.4, -0.2) is 43.2 Å². The molecule has 1 aromatic heterocycles. The molecule has 2 aromatic rings. The van der Waals surface area contributed by atoms with Gasteiger partial charge in [0.05, 0.1) is 11.9 Å². The lowest BCUT2D eigenvalue weighted by atomic mass is 10.1. The van der Waals surface area contributed by atoms with Crippen molar-refractivity contribution in [1.29, 1.82) is 0 Å². The Kier molecular flexibility index (Phi) is 5.50. The molecular formula is C17H23N3O3. The largest absolute Gasteiger partial charge is 0.486 e. The van der Waals surface area contributed by atoms with E-state index in [9.17, 15) is 0 Å².